The Morgan fingerprint density at radius 3 is 2.58 bits per heavy atom. The standard InChI is InChI=1S/C13H17ClF3NO/c1-2-9(5-6-18)8-19-12-7-10(13(15,16)17)3-4-11(12)14/h3-4,7,9H,2,5-6,8,18H2,1H3. The van der Waals surface area contributed by atoms with Crippen molar-refractivity contribution in [2.45, 2.75) is 25.9 Å². The van der Waals surface area contributed by atoms with Crippen molar-refractivity contribution in [2.24, 2.45) is 11.7 Å². The number of halogens is 4. The SMILES string of the molecule is CCC(CCN)COc1cc(C(F)(F)F)ccc1Cl. The van der Waals surface area contributed by atoms with Crippen LogP contribution in [0.4, 0.5) is 13.2 Å². The fourth-order valence-corrected chi connectivity index (χ4v) is 1.81. The van der Waals surface area contributed by atoms with Crippen molar-refractivity contribution in [3.8, 4) is 5.75 Å². The summed E-state index contributed by atoms with van der Waals surface area (Å²) in [5, 5.41) is 0.176. The van der Waals surface area contributed by atoms with Gasteiger partial charge in [0, 0.05) is 0 Å². The molecular weight excluding hydrogens is 279 g/mol. The Morgan fingerprint density at radius 2 is 2.05 bits per heavy atom. The fraction of sp³-hybridized carbons (Fsp3) is 0.538. The molecule has 0 heterocycles. The molecule has 2 N–H and O–H groups in total. The van der Waals surface area contributed by atoms with Gasteiger partial charge in [-0.3, -0.25) is 0 Å². The third-order valence-electron chi connectivity index (χ3n) is 2.89. The number of benzene rings is 1. The zero-order valence-corrected chi connectivity index (χ0v) is 11.4. The number of alkyl halides is 3. The Labute approximate surface area is 115 Å². The van der Waals surface area contributed by atoms with Gasteiger partial charge in [-0.1, -0.05) is 24.9 Å². The van der Waals surface area contributed by atoms with Crippen molar-refractivity contribution < 1.29 is 17.9 Å². The van der Waals surface area contributed by atoms with Crippen LogP contribution in [0.25, 0.3) is 0 Å². The molecule has 0 spiro atoms. The predicted octanol–water partition coefficient (Wildman–Crippen LogP) is 4.11. The highest BCUT2D eigenvalue weighted by molar-refractivity contribution is 6.32. The van der Waals surface area contributed by atoms with Crippen LogP contribution in [-0.4, -0.2) is 13.2 Å². The Balaban J connectivity index is 2.77. The molecule has 0 radical (unpaired) electrons. The molecule has 0 aliphatic heterocycles. The van der Waals surface area contributed by atoms with Gasteiger partial charge in [-0.05, 0) is 37.1 Å². The van der Waals surface area contributed by atoms with Gasteiger partial charge in [0.25, 0.3) is 0 Å². The van der Waals surface area contributed by atoms with E-state index in [2.05, 4.69) is 0 Å². The summed E-state index contributed by atoms with van der Waals surface area (Å²) >= 11 is 5.83. The minimum Gasteiger partial charge on any atom is -0.492 e. The molecule has 2 nitrogen and oxygen atoms in total. The van der Waals surface area contributed by atoms with Crippen LogP contribution in [-0.2, 0) is 6.18 Å². The predicted molar refractivity (Wildman–Crippen MR) is 69.4 cm³/mol. The second kappa shape index (κ2) is 7.01. The first-order valence-corrected chi connectivity index (χ1v) is 6.45. The van der Waals surface area contributed by atoms with Crippen LogP contribution >= 0.6 is 11.6 Å². The quantitative estimate of drug-likeness (QED) is 0.857. The first-order chi connectivity index (χ1) is 8.88. The number of nitrogens with two attached hydrogens (primary N) is 1. The van der Waals surface area contributed by atoms with Crippen LogP contribution in [0.15, 0.2) is 18.2 Å². The lowest BCUT2D eigenvalue weighted by Crippen LogP contribution is -2.16. The molecule has 0 aliphatic carbocycles. The smallest absolute Gasteiger partial charge is 0.416 e. The maximum absolute atomic E-state index is 12.6. The van der Waals surface area contributed by atoms with Gasteiger partial charge in [0.1, 0.15) is 5.75 Å². The maximum Gasteiger partial charge on any atom is 0.416 e. The van der Waals surface area contributed by atoms with E-state index >= 15 is 0 Å². The molecule has 0 saturated heterocycles. The summed E-state index contributed by atoms with van der Waals surface area (Å²) in [4.78, 5) is 0. The van der Waals surface area contributed by atoms with Crippen LogP contribution in [0.3, 0.4) is 0 Å². The molecule has 0 aliphatic rings. The van der Waals surface area contributed by atoms with Gasteiger partial charge in [0.15, 0.2) is 0 Å². The summed E-state index contributed by atoms with van der Waals surface area (Å²) in [6.45, 7) is 2.82. The zero-order valence-electron chi connectivity index (χ0n) is 10.6. The molecule has 108 valence electrons. The van der Waals surface area contributed by atoms with Crippen LogP contribution < -0.4 is 10.5 Å². The molecule has 0 saturated carbocycles. The van der Waals surface area contributed by atoms with Crippen molar-refractivity contribution in [3.63, 3.8) is 0 Å². The lowest BCUT2D eigenvalue weighted by molar-refractivity contribution is -0.137. The number of hydrogen-bond acceptors (Lipinski definition) is 2. The molecule has 6 heteroatoms. The Kier molecular flexibility index (Phi) is 5.94. The molecule has 0 aromatic heterocycles. The van der Waals surface area contributed by atoms with Gasteiger partial charge in [-0.15, -0.1) is 0 Å². The minimum absolute atomic E-state index is 0.0620. The Bertz CT molecular complexity index is 409. The summed E-state index contributed by atoms with van der Waals surface area (Å²) in [6.07, 6.45) is -2.77. The van der Waals surface area contributed by atoms with E-state index in [9.17, 15) is 13.2 Å². The summed E-state index contributed by atoms with van der Waals surface area (Å²) in [5.41, 5.74) is 4.69. The maximum atomic E-state index is 12.6. The van der Waals surface area contributed by atoms with Gasteiger partial charge >= 0.3 is 6.18 Å². The molecule has 0 amide bonds. The normalized spacial score (nSPS) is 13.4. The highest BCUT2D eigenvalue weighted by Gasteiger charge is 2.31. The zero-order chi connectivity index (χ0) is 14.5. The molecule has 1 unspecified atom stereocenters. The Morgan fingerprint density at radius 1 is 1.37 bits per heavy atom. The van der Waals surface area contributed by atoms with E-state index in [1.54, 1.807) is 0 Å². The van der Waals surface area contributed by atoms with Gasteiger partial charge in [-0.2, -0.15) is 13.2 Å². The van der Waals surface area contributed by atoms with E-state index in [1.807, 2.05) is 6.92 Å². The average molecular weight is 296 g/mol. The molecule has 1 aromatic rings. The van der Waals surface area contributed by atoms with Gasteiger partial charge < -0.3 is 10.5 Å². The topological polar surface area (TPSA) is 35.2 Å². The van der Waals surface area contributed by atoms with Crippen molar-refractivity contribution >= 4 is 11.6 Å². The first-order valence-electron chi connectivity index (χ1n) is 6.08. The van der Waals surface area contributed by atoms with Crippen molar-refractivity contribution in [2.75, 3.05) is 13.2 Å². The molecular formula is C13H17ClF3NO. The minimum atomic E-state index is -4.40. The Hall–Kier alpha value is -0.940. The van der Waals surface area contributed by atoms with E-state index < -0.39 is 11.7 Å². The highest BCUT2D eigenvalue weighted by atomic mass is 35.5. The van der Waals surface area contributed by atoms with Gasteiger partial charge in [-0.25, -0.2) is 0 Å². The second-order valence-corrected chi connectivity index (χ2v) is 4.71. The van der Waals surface area contributed by atoms with Crippen LogP contribution in [0.2, 0.25) is 5.02 Å². The van der Waals surface area contributed by atoms with E-state index in [1.165, 1.54) is 6.07 Å². The monoisotopic (exact) mass is 295 g/mol. The molecule has 1 atom stereocenters. The second-order valence-electron chi connectivity index (χ2n) is 4.31. The first kappa shape index (κ1) is 16.1. The highest BCUT2D eigenvalue weighted by Crippen LogP contribution is 2.35. The van der Waals surface area contributed by atoms with Crippen molar-refractivity contribution in [1.29, 1.82) is 0 Å². The van der Waals surface area contributed by atoms with Crippen LogP contribution in [0.5, 0.6) is 5.75 Å². The lowest BCUT2D eigenvalue weighted by Gasteiger charge is -2.16. The average Bonchev–Trinajstić information content (AvgIpc) is 2.34. The molecule has 0 fully saturated rings. The van der Waals surface area contributed by atoms with E-state index in [4.69, 9.17) is 22.1 Å². The van der Waals surface area contributed by atoms with Crippen molar-refractivity contribution in [3.05, 3.63) is 28.8 Å². The largest absolute Gasteiger partial charge is 0.492 e. The van der Waals surface area contributed by atoms with Crippen molar-refractivity contribution in [1.82, 2.24) is 0 Å². The fourth-order valence-electron chi connectivity index (χ4n) is 1.64. The summed E-state index contributed by atoms with van der Waals surface area (Å²) in [5.74, 6) is 0.280. The van der Waals surface area contributed by atoms with Crippen LogP contribution in [0.1, 0.15) is 25.3 Å². The number of ether oxygens (including phenoxy) is 1. The molecule has 0 bridgehead atoms. The molecule has 1 rings (SSSR count). The van der Waals surface area contributed by atoms with Gasteiger partial charge in [0.2, 0.25) is 0 Å². The van der Waals surface area contributed by atoms with E-state index in [0.29, 0.717) is 13.2 Å². The molecule has 19 heavy (non-hydrogen) atoms. The van der Waals surface area contributed by atoms with E-state index in [-0.39, 0.29) is 16.7 Å². The summed E-state index contributed by atoms with van der Waals surface area (Å²) < 4.78 is 43.1. The summed E-state index contributed by atoms with van der Waals surface area (Å²) in [7, 11) is 0. The number of rotatable bonds is 6. The van der Waals surface area contributed by atoms with Gasteiger partial charge in [0.05, 0.1) is 17.2 Å². The third-order valence-corrected chi connectivity index (χ3v) is 3.20. The third kappa shape index (κ3) is 4.91. The number of hydrogen-bond donors (Lipinski definition) is 1. The van der Waals surface area contributed by atoms with E-state index in [0.717, 1.165) is 25.0 Å². The molecule has 1 aromatic carbocycles. The van der Waals surface area contributed by atoms with Crippen LogP contribution in [0, 0.1) is 5.92 Å². The summed E-state index contributed by atoms with van der Waals surface area (Å²) in [6, 6.07) is 3.06. The lowest BCUT2D eigenvalue weighted by atomic mass is 10.0.